The largest absolute Gasteiger partial charge is 0.391 e. The molecular formula is C10H19NO3. The molecule has 0 aromatic rings. The number of amides is 1. The van der Waals surface area contributed by atoms with Crippen LogP contribution in [0.1, 0.15) is 32.6 Å². The molecule has 1 aliphatic rings. The van der Waals surface area contributed by atoms with Crippen molar-refractivity contribution in [3.63, 3.8) is 0 Å². The Bertz CT molecular complexity index is 196. The lowest BCUT2D eigenvalue weighted by atomic mass is 9.92. The van der Waals surface area contributed by atoms with Crippen LogP contribution in [0.3, 0.4) is 0 Å². The molecule has 1 fully saturated rings. The van der Waals surface area contributed by atoms with E-state index < -0.39 is 12.2 Å². The number of aliphatic hydroxyl groups is 1. The molecule has 0 aliphatic heterocycles. The van der Waals surface area contributed by atoms with Crippen LogP contribution in [0.5, 0.6) is 0 Å². The van der Waals surface area contributed by atoms with E-state index in [0.29, 0.717) is 0 Å². The summed E-state index contributed by atoms with van der Waals surface area (Å²) in [5.41, 5.74) is 0. The van der Waals surface area contributed by atoms with E-state index in [4.69, 9.17) is 4.74 Å². The van der Waals surface area contributed by atoms with Gasteiger partial charge in [-0.2, -0.15) is 0 Å². The van der Waals surface area contributed by atoms with Crippen LogP contribution < -0.4 is 5.32 Å². The summed E-state index contributed by atoms with van der Waals surface area (Å²) < 4.78 is 4.90. The Hall–Kier alpha value is -0.610. The van der Waals surface area contributed by atoms with E-state index in [1.165, 1.54) is 7.11 Å². The molecule has 82 valence electrons. The lowest BCUT2D eigenvalue weighted by molar-refractivity contribution is -0.132. The van der Waals surface area contributed by atoms with E-state index in [2.05, 4.69) is 5.32 Å². The number of hydrogen-bond acceptors (Lipinski definition) is 3. The van der Waals surface area contributed by atoms with E-state index >= 15 is 0 Å². The predicted molar refractivity (Wildman–Crippen MR) is 52.9 cm³/mol. The van der Waals surface area contributed by atoms with Gasteiger partial charge in [0.05, 0.1) is 12.1 Å². The van der Waals surface area contributed by atoms with Crippen molar-refractivity contribution in [1.29, 1.82) is 0 Å². The van der Waals surface area contributed by atoms with Crippen molar-refractivity contribution in [2.45, 2.75) is 50.9 Å². The third-order valence-corrected chi connectivity index (χ3v) is 2.78. The normalized spacial score (nSPS) is 29.6. The van der Waals surface area contributed by atoms with E-state index in [1.54, 1.807) is 6.92 Å². The number of aliphatic hydroxyl groups excluding tert-OH is 1. The van der Waals surface area contributed by atoms with Crippen LogP contribution in [0, 0.1) is 0 Å². The Morgan fingerprint density at radius 3 is 2.71 bits per heavy atom. The minimum Gasteiger partial charge on any atom is -0.391 e. The molecule has 4 heteroatoms. The number of carbonyl (C=O) groups is 1. The Kier molecular flexibility index (Phi) is 4.35. The lowest BCUT2D eigenvalue weighted by Gasteiger charge is -2.29. The molecule has 1 amide bonds. The Morgan fingerprint density at radius 1 is 1.50 bits per heavy atom. The van der Waals surface area contributed by atoms with Crippen molar-refractivity contribution in [1.82, 2.24) is 5.32 Å². The molecule has 3 atom stereocenters. The lowest BCUT2D eigenvalue weighted by Crippen LogP contribution is -2.48. The first-order valence-corrected chi connectivity index (χ1v) is 5.16. The first kappa shape index (κ1) is 11.5. The molecule has 0 aromatic heterocycles. The fourth-order valence-electron chi connectivity index (χ4n) is 1.69. The van der Waals surface area contributed by atoms with Crippen molar-refractivity contribution in [2.75, 3.05) is 7.11 Å². The summed E-state index contributed by atoms with van der Waals surface area (Å²) >= 11 is 0. The van der Waals surface area contributed by atoms with Crippen LogP contribution in [-0.4, -0.2) is 36.4 Å². The summed E-state index contributed by atoms with van der Waals surface area (Å²) in [5, 5.41) is 12.4. The number of rotatable bonds is 3. The maximum absolute atomic E-state index is 11.4. The van der Waals surface area contributed by atoms with E-state index in [9.17, 15) is 9.90 Å². The first-order chi connectivity index (χ1) is 6.65. The maximum atomic E-state index is 11.4. The van der Waals surface area contributed by atoms with Gasteiger partial charge in [0.15, 0.2) is 0 Å². The van der Waals surface area contributed by atoms with Gasteiger partial charge in [-0.1, -0.05) is 12.8 Å². The molecule has 0 radical (unpaired) electrons. The van der Waals surface area contributed by atoms with Gasteiger partial charge in [0.2, 0.25) is 5.91 Å². The quantitative estimate of drug-likeness (QED) is 0.696. The smallest absolute Gasteiger partial charge is 0.249 e. The predicted octanol–water partition coefficient (Wildman–Crippen LogP) is 0.441. The molecule has 0 spiro atoms. The number of methoxy groups -OCH3 is 1. The van der Waals surface area contributed by atoms with Gasteiger partial charge in [0.1, 0.15) is 6.10 Å². The summed E-state index contributed by atoms with van der Waals surface area (Å²) in [6.07, 6.45) is 2.94. The fraction of sp³-hybridized carbons (Fsp3) is 0.900. The average Bonchev–Trinajstić information content (AvgIpc) is 2.20. The molecule has 1 rings (SSSR count). The van der Waals surface area contributed by atoms with Gasteiger partial charge in [-0.05, 0) is 19.8 Å². The van der Waals surface area contributed by atoms with Crippen LogP contribution in [0.2, 0.25) is 0 Å². The number of ether oxygens (including phenoxy) is 1. The molecule has 4 nitrogen and oxygen atoms in total. The third kappa shape index (κ3) is 2.96. The molecule has 0 saturated heterocycles. The van der Waals surface area contributed by atoms with Gasteiger partial charge in [-0.3, -0.25) is 4.79 Å². The van der Waals surface area contributed by atoms with E-state index in [0.717, 1.165) is 25.7 Å². The highest BCUT2D eigenvalue weighted by molar-refractivity contribution is 5.80. The third-order valence-electron chi connectivity index (χ3n) is 2.78. The van der Waals surface area contributed by atoms with Gasteiger partial charge in [-0.25, -0.2) is 0 Å². The van der Waals surface area contributed by atoms with Crippen molar-refractivity contribution in [2.24, 2.45) is 0 Å². The van der Waals surface area contributed by atoms with E-state index in [-0.39, 0.29) is 11.9 Å². The molecule has 0 bridgehead atoms. The zero-order valence-corrected chi connectivity index (χ0v) is 8.82. The van der Waals surface area contributed by atoms with E-state index in [1.807, 2.05) is 0 Å². The zero-order chi connectivity index (χ0) is 10.6. The first-order valence-electron chi connectivity index (χ1n) is 5.16. The van der Waals surface area contributed by atoms with Crippen molar-refractivity contribution in [3.05, 3.63) is 0 Å². The number of carbonyl (C=O) groups excluding carboxylic acids is 1. The number of hydrogen-bond donors (Lipinski definition) is 2. The molecule has 0 aromatic carbocycles. The molecule has 14 heavy (non-hydrogen) atoms. The minimum absolute atomic E-state index is 0.0890. The van der Waals surface area contributed by atoms with Gasteiger partial charge in [0, 0.05) is 7.11 Å². The second-order valence-electron chi connectivity index (χ2n) is 3.84. The van der Waals surface area contributed by atoms with Gasteiger partial charge < -0.3 is 15.2 Å². The summed E-state index contributed by atoms with van der Waals surface area (Å²) in [7, 11) is 1.50. The monoisotopic (exact) mass is 201 g/mol. The Labute approximate surface area is 84.6 Å². The average molecular weight is 201 g/mol. The fourth-order valence-corrected chi connectivity index (χ4v) is 1.69. The Balaban J connectivity index is 2.38. The summed E-state index contributed by atoms with van der Waals surface area (Å²) in [5.74, 6) is -0.140. The van der Waals surface area contributed by atoms with Gasteiger partial charge in [0.25, 0.3) is 0 Å². The van der Waals surface area contributed by atoms with Crippen LogP contribution in [0.15, 0.2) is 0 Å². The van der Waals surface area contributed by atoms with Crippen LogP contribution in [0.4, 0.5) is 0 Å². The van der Waals surface area contributed by atoms with Gasteiger partial charge in [-0.15, -0.1) is 0 Å². The molecule has 1 aliphatic carbocycles. The second kappa shape index (κ2) is 5.32. The highest BCUT2D eigenvalue weighted by atomic mass is 16.5. The standard InChI is InChI=1S/C10H19NO3/c1-7(14-2)10(13)11-8-5-3-4-6-9(8)12/h7-9,12H,3-6H2,1-2H3,(H,11,13)/t7?,8-,9-/m1/s1. The molecule has 1 saturated carbocycles. The van der Waals surface area contributed by atoms with Crippen LogP contribution in [-0.2, 0) is 9.53 Å². The molecular weight excluding hydrogens is 182 g/mol. The van der Waals surface area contributed by atoms with Crippen molar-refractivity contribution in [3.8, 4) is 0 Å². The zero-order valence-electron chi connectivity index (χ0n) is 8.82. The Morgan fingerprint density at radius 2 is 2.14 bits per heavy atom. The highest BCUT2D eigenvalue weighted by Gasteiger charge is 2.25. The molecule has 2 N–H and O–H groups in total. The summed E-state index contributed by atoms with van der Waals surface area (Å²) in [6, 6.07) is -0.0890. The second-order valence-corrected chi connectivity index (χ2v) is 3.84. The van der Waals surface area contributed by atoms with Crippen LogP contribution >= 0.6 is 0 Å². The summed E-state index contributed by atoms with van der Waals surface area (Å²) in [6.45, 7) is 1.70. The molecule has 0 heterocycles. The SMILES string of the molecule is COC(C)C(=O)N[C@@H]1CCCC[C@H]1O. The highest BCUT2D eigenvalue weighted by Crippen LogP contribution is 2.18. The summed E-state index contributed by atoms with van der Waals surface area (Å²) in [4.78, 5) is 11.4. The molecule has 1 unspecified atom stereocenters. The van der Waals surface area contributed by atoms with Crippen molar-refractivity contribution < 1.29 is 14.6 Å². The topological polar surface area (TPSA) is 58.6 Å². The minimum atomic E-state index is -0.441. The maximum Gasteiger partial charge on any atom is 0.249 e. The van der Waals surface area contributed by atoms with Crippen molar-refractivity contribution >= 4 is 5.91 Å². The number of nitrogens with one attached hydrogen (secondary N) is 1. The van der Waals surface area contributed by atoms with Crippen LogP contribution in [0.25, 0.3) is 0 Å². The van der Waals surface area contributed by atoms with Gasteiger partial charge >= 0.3 is 0 Å².